The van der Waals surface area contributed by atoms with Crippen LogP contribution in [0.3, 0.4) is 0 Å². The van der Waals surface area contributed by atoms with E-state index < -0.39 is 0 Å². The van der Waals surface area contributed by atoms with E-state index in [4.69, 9.17) is 9.15 Å². The van der Waals surface area contributed by atoms with Crippen molar-refractivity contribution in [1.82, 2.24) is 9.47 Å². The first-order valence-electron chi connectivity index (χ1n) is 8.16. The molecule has 0 saturated heterocycles. The van der Waals surface area contributed by atoms with Crippen molar-refractivity contribution in [1.29, 1.82) is 0 Å². The Bertz CT molecular complexity index is 893. The first kappa shape index (κ1) is 15.0. The smallest absolute Gasteiger partial charge is 0.290 e. The molecule has 1 amide bonds. The Morgan fingerprint density at radius 1 is 1.25 bits per heavy atom. The molecule has 0 unspecified atom stereocenters. The predicted molar refractivity (Wildman–Crippen MR) is 90.8 cm³/mol. The standard InChI is InChI=1S/C19H20N2O3/c1-13-16-7-5-9-20(16)10-11-21(13)19(22)18-15(12-23-2)14-6-3-4-8-17(14)24-18/h3-9,13H,10-12H2,1-2H3/t13-/m1/s1. The minimum absolute atomic E-state index is 0.0184. The molecule has 4 rings (SSSR count). The number of para-hydroxylation sites is 1. The highest BCUT2D eigenvalue weighted by Gasteiger charge is 2.32. The number of benzene rings is 1. The van der Waals surface area contributed by atoms with Gasteiger partial charge in [-0.05, 0) is 25.1 Å². The summed E-state index contributed by atoms with van der Waals surface area (Å²) in [6, 6.07) is 11.8. The number of carbonyl (C=O) groups excluding carboxylic acids is 1. The second-order valence-electron chi connectivity index (χ2n) is 6.14. The molecule has 0 fully saturated rings. The van der Waals surface area contributed by atoms with Crippen molar-refractivity contribution in [3.63, 3.8) is 0 Å². The molecule has 0 aliphatic carbocycles. The second kappa shape index (κ2) is 5.83. The highest BCUT2D eigenvalue weighted by Crippen LogP contribution is 2.31. The van der Waals surface area contributed by atoms with E-state index in [0.29, 0.717) is 18.9 Å². The maximum Gasteiger partial charge on any atom is 0.290 e. The zero-order chi connectivity index (χ0) is 16.7. The molecule has 0 spiro atoms. The summed E-state index contributed by atoms with van der Waals surface area (Å²) in [6.45, 7) is 3.89. The lowest BCUT2D eigenvalue weighted by Gasteiger charge is -2.34. The summed E-state index contributed by atoms with van der Waals surface area (Å²) in [5.74, 6) is 0.322. The number of hydrogen-bond donors (Lipinski definition) is 0. The van der Waals surface area contributed by atoms with Crippen LogP contribution in [0.2, 0.25) is 0 Å². The van der Waals surface area contributed by atoms with E-state index in [1.54, 1.807) is 7.11 Å². The highest BCUT2D eigenvalue weighted by molar-refractivity contribution is 5.99. The fourth-order valence-corrected chi connectivity index (χ4v) is 3.55. The Balaban J connectivity index is 1.75. The van der Waals surface area contributed by atoms with Crippen LogP contribution in [0.15, 0.2) is 47.0 Å². The molecule has 5 nitrogen and oxygen atoms in total. The number of carbonyl (C=O) groups is 1. The zero-order valence-corrected chi connectivity index (χ0v) is 13.9. The zero-order valence-electron chi connectivity index (χ0n) is 13.9. The third-order valence-corrected chi connectivity index (χ3v) is 4.78. The minimum atomic E-state index is -0.0711. The topological polar surface area (TPSA) is 47.6 Å². The van der Waals surface area contributed by atoms with E-state index in [0.717, 1.165) is 28.8 Å². The molecular formula is C19H20N2O3. The van der Waals surface area contributed by atoms with Crippen molar-refractivity contribution in [2.24, 2.45) is 0 Å². The van der Waals surface area contributed by atoms with Crippen LogP contribution in [-0.2, 0) is 17.9 Å². The minimum Gasteiger partial charge on any atom is -0.451 e. The monoisotopic (exact) mass is 324 g/mol. The maximum absolute atomic E-state index is 13.2. The first-order valence-corrected chi connectivity index (χ1v) is 8.16. The molecule has 5 heteroatoms. The van der Waals surface area contributed by atoms with Crippen LogP contribution in [0.5, 0.6) is 0 Å². The molecule has 0 N–H and O–H groups in total. The van der Waals surface area contributed by atoms with E-state index in [-0.39, 0.29) is 11.9 Å². The molecular weight excluding hydrogens is 304 g/mol. The summed E-state index contributed by atoms with van der Waals surface area (Å²) < 4.78 is 13.4. The van der Waals surface area contributed by atoms with Crippen LogP contribution < -0.4 is 0 Å². The van der Waals surface area contributed by atoms with Gasteiger partial charge in [-0.25, -0.2) is 0 Å². The number of methoxy groups -OCH3 is 1. The Labute approximate surface area is 140 Å². The Morgan fingerprint density at radius 2 is 2.08 bits per heavy atom. The number of ether oxygens (including phenoxy) is 1. The molecule has 124 valence electrons. The summed E-state index contributed by atoms with van der Waals surface area (Å²) in [6.07, 6.45) is 2.06. The molecule has 0 radical (unpaired) electrons. The van der Waals surface area contributed by atoms with Crippen molar-refractivity contribution < 1.29 is 13.9 Å². The number of amides is 1. The van der Waals surface area contributed by atoms with Gasteiger partial charge in [0.15, 0.2) is 5.76 Å². The summed E-state index contributed by atoms with van der Waals surface area (Å²) in [5, 5.41) is 0.940. The van der Waals surface area contributed by atoms with Gasteiger partial charge in [0, 0.05) is 43.0 Å². The van der Waals surface area contributed by atoms with Gasteiger partial charge in [-0.3, -0.25) is 4.79 Å². The number of furan rings is 1. The van der Waals surface area contributed by atoms with Crippen molar-refractivity contribution >= 4 is 16.9 Å². The Hall–Kier alpha value is -2.53. The number of rotatable bonds is 3. The van der Waals surface area contributed by atoms with E-state index in [1.165, 1.54) is 0 Å². The Morgan fingerprint density at radius 3 is 2.92 bits per heavy atom. The van der Waals surface area contributed by atoms with E-state index in [2.05, 4.69) is 23.8 Å². The van der Waals surface area contributed by atoms with Gasteiger partial charge < -0.3 is 18.6 Å². The summed E-state index contributed by atoms with van der Waals surface area (Å²) in [4.78, 5) is 15.1. The first-order chi connectivity index (χ1) is 11.7. The second-order valence-corrected chi connectivity index (χ2v) is 6.14. The van der Waals surface area contributed by atoms with Gasteiger partial charge in [-0.2, -0.15) is 0 Å². The number of fused-ring (bicyclic) bond motifs is 2. The third-order valence-electron chi connectivity index (χ3n) is 4.78. The number of aromatic nitrogens is 1. The van der Waals surface area contributed by atoms with Crippen molar-refractivity contribution in [2.45, 2.75) is 26.1 Å². The van der Waals surface area contributed by atoms with Crippen molar-refractivity contribution in [3.05, 3.63) is 59.6 Å². The van der Waals surface area contributed by atoms with E-state index in [1.807, 2.05) is 35.2 Å². The van der Waals surface area contributed by atoms with Gasteiger partial charge in [-0.1, -0.05) is 18.2 Å². The van der Waals surface area contributed by atoms with Gasteiger partial charge in [-0.15, -0.1) is 0 Å². The highest BCUT2D eigenvalue weighted by atomic mass is 16.5. The molecule has 1 atom stereocenters. The van der Waals surface area contributed by atoms with Crippen LogP contribution in [0.1, 0.15) is 34.8 Å². The van der Waals surface area contributed by atoms with Crippen LogP contribution in [-0.4, -0.2) is 29.0 Å². The quantitative estimate of drug-likeness (QED) is 0.739. The predicted octanol–water partition coefficient (Wildman–Crippen LogP) is 3.60. The summed E-state index contributed by atoms with van der Waals surface area (Å²) in [5.41, 5.74) is 2.70. The Kier molecular flexibility index (Phi) is 3.65. The maximum atomic E-state index is 13.2. The third kappa shape index (κ3) is 2.24. The van der Waals surface area contributed by atoms with E-state index >= 15 is 0 Å². The number of hydrogen-bond acceptors (Lipinski definition) is 3. The van der Waals surface area contributed by atoms with Crippen LogP contribution >= 0.6 is 0 Å². The summed E-state index contributed by atoms with van der Waals surface area (Å²) in [7, 11) is 1.63. The van der Waals surface area contributed by atoms with Gasteiger partial charge >= 0.3 is 0 Å². The molecule has 2 aromatic heterocycles. The average molecular weight is 324 g/mol. The van der Waals surface area contributed by atoms with Gasteiger partial charge in [0.05, 0.1) is 12.6 Å². The average Bonchev–Trinajstić information content (AvgIpc) is 3.21. The van der Waals surface area contributed by atoms with Crippen LogP contribution in [0.25, 0.3) is 11.0 Å². The molecule has 0 bridgehead atoms. The largest absolute Gasteiger partial charge is 0.451 e. The molecule has 1 aromatic carbocycles. The SMILES string of the molecule is COCc1c(C(=O)N2CCn3cccc3[C@H]2C)oc2ccccc12. The molecule has 24 heavy (non-hydrogen) atoms. The lowest BCUT2D eigenvalue weighted by Crippen LogP contribution is -2.40. The number of nitrogens with zero attached hydrogens (tertiary/aromatic N) is 2. The molecule has 3 heterocycles. The van der Waals surface area contributed by atoms with Crippen LogP contribution in [0, 0.1) is 0 Å². The summed E-state index contributed by atoms with van der Waals surface area (Å²) >= 11 is 0. The molecule has 1 aliphatic rings. The van der Waals surface area contributed by atoms with Crippen LogP contribution in [0.4, 0.5) is 0 Å². The molecule has 3 aromatic rings. The lowest BCUT2D eigenvalue weighted by molar-refractivity contribution is 0.0607. The van der Waals surface area contributed by atoms with Gasteiger partial charge in [0.1, 0.15) is 5.58 Å². The van der Waals surface area contributed by atoms with Gasteiger partial charge in [0.2, 0.25) is 0 Å². The van der Waals surface area contributed by atoms with Crippen molar-refractivity contribution in [2.75, 3.05) is 13.7 Å². The molecule has 0 saturated carbocycles. The fourth-order valence-electron chi connectivity index (χ4n) is 3.55. The van der Waals surface area contributed by atoms with E-state index in [9.17, 15) is 4.79 Å². The fraction of sp³-hybridized carbons (Fsp3) is 0.316. The molecule has 1 aliphatic heterocycles. The normalized spacial score (nSPS) is 17.2. The van der Waals surface area contributed by atoms with Crippen molar-refractivity contribution in [3.8, 4) is 0 Å². The lowest BCUT2D eigenvalue weighted by atomic mass is 10.1. The van der Waals surface area contributed by atoms with Gasteiger partial charge in [0.25, 0.3) is 5.91 Å².